The number of methoxy groups -OCH3 is 2. The fourth-order valence-corrected chi connectivity index (χ4v) is 5.44. The van der Waals surface area contributed by atoms with E-state index in [-0.39, 0.29) is 29.1 Å². The Balaban J connectivity index is 1.47. The first-order chi connectivity index (χ1) is 15.9. The van der Waals surface area contributed by atoms with E-state index in [1.165, 1.54) is 23.8 Å². The number of rotatable bonds is 5. The van der Waals surface area contributed by atoms with E-state index in [4.69, 9.17) is 14.7 Å². The van der Waals surface area contributed by atoms with Crippen LogP contribution in [0.25, 0.3) is 0 Å². The molecule has 1 saturated carbocycles. The van der Waals surface area contributed by atoms with Gasteiger partial charge in [-0.1, -0.05) is 6.07 Å². The van der Waals surface area contributed by atoms with Crippen molar-refractivity contribution in [3.8, 4) is 17.6 Å². The summed E-state index contributed by atoms with van der Waals surface area (Å²) in [5.74, 6) is 0.841. The SMILES string of the molecule is COc1ccc(C23CCC(NC(=O)Nc4ccc(F)c(C#N)c4)CC2N(C)CC3)cc1OC. The number of benzene rings is 2. The Hall–Kier alpha value is -3.31. The van der Waals surface area contributed by atoms with Crippen LogP contribution in [-0.2, 0) is 5.41 Å². The van der Waals surface area contributed by atoms with E-state index in [1.807, 2.05) is 6.07 Å². The van der Waals surface area contributed by atoms with Crippen LogP contribution in [0.3, 0.4) is 0 Å². The lowest BCUT2D eigenvalue weighted by Crippen LogP contribution is -2.52. The van der Waals surface area contributed by atoms with E-state index >= 15 is 0 Å². The van der Waals surface area contributed by atoms with Crippen molar-refractivity contribution in [2.24, 2.45) is 0 Å². The first kappa shape index (κ1) is 22.9. The number of nitrogens with one attached hydrogen (secondary N) is 2. The predicted octanol–water partition coefficient (Wildman–Crippen LogP) is 4.03. The lowest BCUT2D eigenvalue weighted by Gasteiger charge is -2.45. The molecule has 8 heteroatoms. The minimum Gasteiger partial charge on any atom is -0.493 e. The van der Waals surface area contributed by atoms with Gasteiger partial charge < -0.3 is 25.0 Å². The number of likely N-dealkylation sites (N-methyl/N-ethyl adjacent to an activating group) is 1. The number of amides is 2. The summed E-state index contributed by atoms with van der Waals surface area (Å²) in [6.07, 6.45) is 3.66. The molecular weight excluding hydrogens is 423 g/mol. The van der Waals surface area contributed by atoms with E-state index in [9.17, 15) is 9.18 Å². The van der Waals surface area contributed by atoms with Crippen LogP contribution in [-0.4, -0.2) is 50.8 Å². The molecule has 3 atom stereocenters. The van der Waals surface area contributed by atoms with Crippen LogP contribution in [0.2, 0.25) is 0 Å². The molecule has 2 aromatic carbocycles. The highest BCUT2D eigenvalue weighted by atomic mass is 19.1. The maximum absolute atomic E-state index is 13.5. The van der Waals surface area contributed by atoms with Crippen LogP contribution >= 0.6 is 0 Å². The highest BCUT2D eigenvalue weighted by molar-refractivity contribution is 5.89. The van der Waals surface area contributed by atoms with Gasteiger partial charge in [-0.3, -0.25) is 0 Å². The number of urea groups is 1. The molecule has 0 aromatic heterocycles. The third kappa shape index (κ3) is 4.33. The summed E-state index contributed by atoms with van der Waals surface area (Å²) in [6.45, 7) is 0.991. The minimum atomic E-state index is -0.605. The van der Waals surface area contributed by atoms with Crippen molar-refractivity contribution in [2.45, 2.75) is 43.2 Å². The number of carbonyl (C=O) groups excluding carboxylic acids is 1. The molecule has 0 radical (unpaired) electrons. The van der Waals surface area contributed by atoms with Crippen LogP contribution in [0, 0.1) is 17.1 Å². The fraction of sp³-hybridized carbons (Fsp3) is 0.440. The maximum Gasteiger partial charge on any atom is 0.319 e. The number of likely N-dealkylation sites (tertiary alicyclic amines) is 1. The average molecular weight is 453 g/mol. The van der Waals surface area contributed by atoms with Gasteiger partial charge in [0.15, 0.2) is 11.5 Å². The second-order valence-corrected chi connectivity index (χ2v) is 8.85. The van der Waals surface area contributed by atoms with E-state index in [0.717, 1.165) is 38.0 Å². The van der Waals surface area contributed by atoms with Crippen molar-refractivity contribution in [3.05, 3.63) is 53.3 Å². The highest BCUT2D eigenvalue weighted by Crippen LogP contribution is 2.49. The molecule has 2 N–H and O–H groups in total. The Labute approximate surface area is 193 Å². The van der Waals surface area contributed by atoms with Crippen molar-refractivity contribution in [1.29, 1.82) is 5.26 Å². The third-order valence-electron chi connectivity index (χ3n) is 7.17. The number of hydrogen-bond donors (Lipinski definition) is 2. The number of carbonyl (C=O) groups is 1. The number of anilines is 1. The van der Waals surface area contributed by atoms with Crippen molar-refractivity contribution in [3.63, 3.8) is 0 Å². The van der Waals surface area contributed by atoms with Gasteiger partial charge in [-0.25, -0.2) is 9.18 Å². The van der Waals surface area contributed by atoms with E-state index in [2.05, 4.69) is 34.7 Å². The summed E-state index contributed by atoms with van der Waals surface area (Å²) in [7, 11) is 5.42. The molecule has 2 fully saturated rings. The molecule has 0 bridgehead atoms. The Morgan fingerprint density at radius 1 is 1.18 bits per heavy atom. The molecule has 0 spiro atoms. The normalized spacial score (nSPS) is 24.5. The van der Waals surface area contributed by atoms with E-state index < -0.39 is 5.82 Å². The lowest BCUT2D eigenvalue weighted by atomic mass is 9.65. The van der Waals surface area contributed by atoms with Gasteiger partial charge in [0, 0.05) is 23.2 Å². The van der Waals surface area contributed by atoms with Gasteiger partial charge in [-0.2, -0.15) is 5.26 Å². The Bertz CT molecular complexity index is 1090. The van der Waals surface area contributed by atoms with Gasteiger partial charge in [0.05, 0.1) is 19.8 Å². The largest absolute Gasteiger partial charge is 0.493 e. The minimum absolute atomic E-state index is 0.00160. The molecule has 4 rings (SSSR count). The number of fused-ring (bicyclic) bond motifs is 1. The van der Waals surface area contributed by atoms with Gasteiger partial charge in [-0.15, -0.1) is 0 Å². The van der Waals surface area contributed by atoms with Gasteiger partial charge in [-0.05, 0) is 75.2 Å². The van der Waals surface area contributed by atoms with Crippen molar-refractivity contribution in [2.75, 3.05) is 33.1 Å². The quantitative estimate of drug-likeness (QED) is 0.715. The van der Waals surface area contributed by atoms with Crippen molar-refractivity contribution < 1.29 is 18.7 Å². The molecule has 1 heterocycles. The molecule has 1 aliphatic heterocycles. The standard InChI is InChI=1S/C25H29FN4O3/c1-30-11-10-25(17-4-7-21(32-2)22(13-17)33-3)9-8-19(14-23(25)30)29-24(31)28-18-5-6-20(26)16(12-18)15-27/h4-7,12-13,19,23H,8-11,14H2,1-3H3,(H2,28,29,31). The van der Waals surface area contributed by atoms with Gasteiger partial charge in [0.25, 0.3) is 0 Å². The molecule has 2 aromatic rings. The highest BCUT2D eigenvalue weighted by Gasteiger charge is 2.50. The van der Waals surface area contributed by atoms with Crippen molar-refractivity contribution >= 4 is 11.7 Å². The predicted molar refractivity (Wildman–Crippen MR) is 123 cm³/mol. The summed E-state index contributed by atoms with van der Waals surface area (Å²) in [5.41, 5.74) is 1.53. The molecule has 1 saturated heterocycles. The topological polar surface area (TPSA) is 86.6 Å². The number of nitrogens with zero attached hydrogens (tertiary/aromatic N) is 2. The van der Waals surface area contributed by atoms with Crippen LogP contribution in [0.5, 0.6) is 11.5 Å². The molecule has 3 unspecified atom stereocenters. The molecule has 7 nitrogen and oxygen atoms in total. The van der Waals surface area contributed by atoms with Gasteiger partial charge >= 0.3 is 6.03 Å². The summed E-state index contributed by atoms with van der Waals surface area (Å²) >= 11 is 0. The van der Waals surface area contributed by atoms with E-state index in [0.29, 0.717) is 11.4 Å². The fourth-order valence-electron chi connectivity index (χ4n) is 5.44. The molecular formula is C25H29FN4O3. The van der Waals surface area contributed by atoms with Gasteiger partial charge in [0.2, 0.25) is 0 Å². The lowest BCUT2D eigenvalue weighted by molar-refractivity contribution is 0.156. The molecule has 1 aliphatic carbocycles. The second kappa shape index (κ2) is 9.28. The summed E-state index contributed by atoms with van der Waals surface area (Å²) in [5, 5.41) is 14.8. The maximum atomic E-state index is 13.5. The number of halogens is 1. The van der Waals surface area contributed by atoms with Crippen molar-refractivity contribution in [1.82, 2.24) is 10.2 Å². The van der Waals surface area contributed by atoms with Crippen LogP contribution in [0.4, 0.5) is 14.9 Å². The second-order valence-electron chi connectivity index (χ2n) is 8.85. The number of hydrogen-bond acceptors (Lipinski definition) is 5. The first-order valence-electron chi connectivity index (χ1n) is 11.1. The van der Waals surface area contributed by atoms with E-state index in [1.54, 1.807) is 20.3 Å². The monoisotopic (exact) mass is 452 g/mol. The zero-order valence-electron chi connectivity index (χ0n) is 19.2. The Kier molecular flexibility index (Phi) is 6.43. The summed E-state index contributed by atoms with van der Waals surface area (Å²) in [4.78, 5) is 15.0. The molecule has 2 aliphatic rings. The summed E-state index contributed by atoms with van der Waals surface area (Å²) in [6, 6.07) is 11.9. The van der Waals surface area contributed by atoms with Crippen LogP contribution < -0.4 is 20.1 Å². The van der Waals surface area contributed by atoms with Crippen LogP contribution in [0.15, 0.2) is 36.4 Å². The Morgan fingerprint density at radius 2 is 1.97 bits per heavy atom. The molecule has 33 heavy (non-hydrogen) atoms. The van der Waals surface area contributed by atoms with Gasteiger partial charge in [0.1, 0.15) is 11.9 Å². The zero-order chi connectivity index (χ0) is 23.6. The summed E-state index contributed by atoms with van der Waals surface area (Å²) < 4.78 is 24.5. The average Bonchev–Trinajstić information content (AvgIpc) is 3.16. The first-order valence-corrected chi connectivity index (χ1v) is 11.1. The van der Waals surface area contributed by atoms with Crippen LogP contribution in [0.1, 0.15) is 36.8 Å². The smallest absolute Gasteiger partial charge is 0.319 e. The number of ether oxygens (including phenoxy) is 2. The number of nitriles is 1. The Morgan fingerprint density at radius 3 is 2.70 bits per heavy atom. The molecule has 174 valence electrons. The molecule has 2 amide bonds. The zero-order valence-corrected chi connectivity index (χ0v) is 19.2. The third-order valence-corrected chi connectivity index (χ3v) is 7.17.